The third-order valence-corrected chi connectivity index (χ3v) is 6.71. The second-order valence-corrected chi connectivity index (χ2v) is 11.1. The summed E-state index contributed by atoms with van der Waals surface area (Å²) in [4.78, 5) is 49.9. The van der Waals surface area contributed by atoms with Crippen molar-refractivity contribution in [2.24, 2.45) is 11.7 Å². The van der Waals surface area contributed by atoms with E-state index >= 15 is 0 Å². The van der Waals surface area contributed by atoms with Crippen LogP contribution in [-0.2, 0) is 19.2 Å². The van der Waals surface area contributed by atoms with Crippen LogP contribution in [0.25, 0.3) is 0 Å². The van der Waals surface area contributed by atoms with Gasteiger partial charge >= 0.3 is 5.97 Å². The molecule has 0 aromatic rings. The largest absolute Gasteiger partial charge is 0.480 e. The summed E-state index contributed by atoms with van der Waals surface area (Å²) in [6, 6.07) is -3.49. The van der Waals surface area contributed by atoms with Crippen LogP contribution in [0.2, 0.25) is 0 Å². The second kappa shape index (κ2) is 18.2. The highest BCUT2D eigenvalue weighted by atomic mass is 32.2. The normalized spacial score (nSPS) is 14.8. The van der Waals surface area contributed by atoms with E-state index in [4.69, 9.17) is 5.73 Å². The lowest BCUT2D eigenvalue weighted by Crippen LogP contribution is -2.57. The number of hydrogen-bond acceptors (Lipinski definition) is 8. The summed E-state index contributed by atoms with van der Waals surface area (Å²) in [6.07, 6.45) is 7.18. The number of carbonyl (C=O) groups excluding carboxylic acids is 3. The lowest BCUT2D eigenvalue weighted by molar-refractivity contribution is -0.142. The SMILES string of the molecule is CSCCC(N)C(=O)NC(CCSC)C(=O)NC(CC(C)C)C(=O)NC(CCSC)C(=O)O. The molecule has 0 rings (SSSR count). The number of carboxylic acids is 1. The summed E-state index contributed by atoms with van der Waals surface area (Å²) in [6.45, 7) is 3.82. The zero-order chi connectivity index (χ0) is 25.4. The molecule has 0 radical (unpaired) electrons. The van der Waals surface area contributed by atoms with Gasteiger partial charge in [-0.15, -0.1) is 0 Å². The van der Waals surface area contributed by atoms with Crippen LogP contribution in [-0.4, -0.2) is 89.0 Å². The molecule has 33 heavy (non-hydrogen) atoms. The molecule has 0 aliphatic carbocycles. The van der Waals surface area contributed by atoms with Gasteiger partial charge in [-0.25, -0.2) is 4.79 Å². The molecule has 0 fully saturated rings. The number of hydrogen-bond donors (Lipinski definition) is 5. The van der Waals surface area contributed by atoms with Crippen LogP contribution >= 0.6 is 35.3 Å². The third-order valence-electron chi connectivity index (χ3n) is 4.78. The first-order valence-electron chi connectivity index (χ1n) is 10.9. The number of thioether (sulfide) groups is 3. The van der Waals surface area contributed by atoms with E-state index in [1.807, 2.05) is 32.6 Å². The van der Waals surface area contributed by atoms with E-state index in [2.05, 4.69) is 16.0 Å². The van der Waals surface area contributed by atoms with Gasteiger partial charge in [-0.05, 0) is 67.6 Å². The highest BCUT2D eigenvalue weighted by molar-refractivity contribution is 7.98. The Kier molecular flexibility index (Phi) is 17.6. The lowest BCUT2D eigenvalue weighted by Gasteiger charge is -2.26. The quantitative estimate of drug-likeness (QED) is 0.178. The highest BCUT2D eigenvalue weighted by Crippen LogP contribution is 2.09. The van der Waals surface area contributed by atoms with Crippen LogP contribution in [0.5, 0.6) is 0 Å². The van der Waals surface area contributed by atoms with Crippen molar-refractivity contribution in [2.75, 3.05) is 36.0 Å². The third kappa shape index (κ3) is 14.0. The topological polar surface area (TPSA) is 151 Å². The summed E-state index contributed by atoms with van der Waals surface area (Å²) in [5.74, 6) is -0.519. The van der Waals surface area contributed by atoms with Crippen molar-refractivity contribution in [3.05, 3.63) is 0 Å². The molecule has 4 unspecified atom stereocenters. The molecule has 0 saturated carbocycles. The molecular weight excluding hydrogens is 484 g/mol. The minimum atomic E-state index is -1.11. The second-order valence-electron chi connectivity index (χ2n) is 8.10. The van der Waals surface area contributed by atoms with Crippen molar-refractivity contribution in [3.8, 4) is 0 Å². The summed E-state index contributed by atoms with van der Waals surface area (Å²) in [5.41, 5.74) is 5.94. The van der Waals surface area contributed by atoms with Crippen molar-refractivity contribution in [2.45, 2.75) is 63.7 Å². The van der Waals surface area contributed by atoms with Gasteiger partial charge in [0.2, 0.25) is 17.7 Å². The predicted molar refractivity (Wildman–Crippen MR) is 140 cm³/mol. The van der Waals surface area contributed by atoms with Crippen LogP contribution in [0, 0.1) is 5.92 Å². The molecule has 6 N–H and O–H groups in total. The maximum Gasteiger partial charge on any atom is 0.326 e. The van der Waals surface area contributed by atoms with Crippen LogP contribution in [0.3, 0.4) is 0 Å². The lowest BCUT2D eigenvalue weighted by atomic mass is 10.0. The summed E-state index contributed by atoms with van der Waals surface area (Å²) in [7, 11) is 0. The number of amides is 3. The van der Waals surface area contributed by atoms with Gasteiger partial charge < -0.3 is 26.8 Å². The van der Waals surface area contributed by atoms with Crippen molar-refractivity contribution >= 4 is 59.0 Å². The van der Waals surface area contributed by atoms with Crippen molar-refractivity contribution in [1.29, 1.82) is 0 Å². The fourth-order valence-corrected chi connectivity index (χ4v) is 4.33. The Morgan fingerprint density at radius 2 is 1.15 bits per heavy atom. The van der Waals surface area contributed by atoms with Gasteiger partial charge in [0, 0.05) is 0 Å². The molecule has 0 aliphatic rings. The monoisotopic (exact) mass is 524 g/mol. The van der Waals surface area contributed by atoms with Gasteiger partial charge in [0.1, 0.15) is 18.1 Å². The van der Waals surface area contributed by atoms with Crippen LogP contribution in [0.1, 0.15) is 39.5 Å². The fourth-order valence-electron chi connectivity index (χ4n) is 2.90. The number of carboxylic acid groups (broad SMARTS) is 1. The van der Waals surface area contributed by atoms with E-state index in [9.17, 15) is 24.3 Å². The van der Waals surface area contributed by atoms with Gasteiger partial charge in [-0.3, -0.25) is 14.4 Å². The van der Waals surface area contributed by atoms with E-state index in [1.54, 1.807) is 11.8 Å². The van der Waals surface area contributed by atoms with Gasteiger partial charge in [-0.1, -0.05) is 13.8 Å². The summed E-state index contributed by atoms with van der Waals surface area (Å²) >= 11 is 4.61. The zero-order valence-electron chi connectivity index (χ0n) is 20.2. The summed E-state index contributed by atoms with van der Waals surface area (Å²) < 4.78 is 0. The zero-order valence-corrected chi connectivity index (χ0v) is 22.7. The average molecular weight is 525 g/mol. The molecular formula is C21H40N4O5S3. The van der Waals surface area contributed by atoms with Gasteiger partial charge in [-0.2, -0.15) is 35.3 Å². The minimum absolute atomic E-state index is 0.0785. The van der Waals surface area contributed by atoms with Crippen LogP contribution in [0.4, 0.5) is 0 Å². The molecule has 0 spiro atoms. The number of nitrogens with one attached hydrogen (secondary N) is 3. The average Bonchev–Trinajstić information content (AvgIpc) is 2.76. The molecule has 3 amide bonds. The van der Waals surface area contributed by atoms with E-state index in [1.165, 1.54) is 23.5 Å². The Morgan fingerprint density at radius 3 is 1.64 bits per heavy atom. The first kappa shape index (κ1) is 31.9. The predicted octanol–water partition coefficient (Wildman–Crippen LogP) is 1.16. The number of carbonyl (C=O) groups is 4. The Bertz CT molecular complexity index is 625. The number of rotatable bonds is 18. The van der Waals surface area contributed by atoms with Gasteiger partial charge in [0.25, 0.3) is 0 Å². The molecule has 4 atom stereocenters. The van der Waals surface area contributed by atoms with E-state index in [0.717, 1.165) is 5.75 Å². The maximum atomic E-state index is 13.0. The molecule has 0 aliphatic heterocycles. The first-order valence-corrected chi connectivity index (χ1v) is 15.1. The van der Waals surface area contributed by atoms with Crippen molar-refractivity contribution in [1.82, 2.24) is 16.0 Å². The molecule has 9 nitrogen and oxygen atoms in total. The Labute approximate surface area is 210 Å². The van der Waals surface area contributed by atoms with Crippen LogP contribution in [0.15, 0.2) is 0 Å². The minimum Gasteiger partial charge on any atom is -0.480 e. The van der Waals surface area contributed by atoms with E-state index < -0.39 is 47.9 Å². The maximum absolute atomic E-state index is 13.0. The van der Waals surface area contributed by atoms with Gasteiger partial charge in [0.05, 0.1) is 6.04 Å². The molecule has 0 aromatic carbocycles. The van der Waals surface area contributed by atoms with Crippen molar-refractivity contribution in [3.63, 3.8) is 0 Å². The fraction of sp³-hybridized carbons (Fsp3) is 0.810. The van der Waals surface area contributed by atoms with Crippen LogP contribution < -0.4 is 21.7 Å². The Hall–Kier alpha value is -1.11. The molecule has 192 valence electrons. The number of nitrogens with two attached hydrogens (primary N) is 1. The standard InChI is InChI=1S/C21H40N4O5S3/c1-13(2)12-17(20(28)24-16(21(29)30)8-11-33-5)25-19(27)15(7-10-32-4)23-18(26)14(22)6-9-31-3/h13-17H,6-12,22H2,1-5H3,(H,23,26)(H,24,28)(H,25,27)(H,29,30). The van der Waals surface area contributed by atoms with E-state index in [-0.39, 0.29) is 12.3 Å². The van der Waals surface area contributed by atoms with Crippen molar-refractivity contribution < 1.29 is 24.3 Å². The Balaban J connectivity index is 5.37. The highest BCUT2D eigenvalue weighted by Gasteiger charge is 2.30. The molecule has 0 bridgehead atoms. The first-order chi connectivity index (χ1) is 15.6. The molecule has 0 heterocycles. The molecule has 0 aromatic heterocycles. The van der Waals surface area contributed by atoms with Gasteiger partial charge in [0.15, 0.2) is 0 Å². The molecule has 0 saturated heterocycles. The smallest absolute Gasteiger partial charge is 0.326 e. The number of aliphatic carboxylic acids is 1. The summed E-state index contributed by atoms with van der Waals surface area (Å²) in [5, 5.41) is 17.4. The van der Waals surface area contributed by atoms with E-state index in [0.29, 0.717) is 30.8 Å². The Morgan fingerprint density at radius 1 is 0.727 bits per heavy atom. The molecule has 12 heteroatoms.